The number of ether oxygens (including phenoxy) is 4. The summed E-state index contributed by atoms with van der Waals surface area (Å²) in [6, 6.07) is 0. The number of aliphatic hydroxyl groups is 1. The van der Waals surface area contributed by atoms with E-state index in [9.17, 15) is 0 Å². The first kappa shape index (κ1) is 19.8. The second kappa shape index (κ2) is 15.2. The molecule has 115 valence electrons. The molecule has 0 aromatic heterocycles. The molecule has 19 heavy (non-hydrogen) atoms. The van der Waals surface area contributed by atoms with Gasteiger partial charge >= 0.3 is 0 Å². The Morgan fingerprint density at radius 1 is 1.05 bits per heavy atom. The summed E-state index contributed by atoms with van der Waals surface area (Å²) in [5, 5.41) is 8.48. The number of hydrogen-bond donors (Lipinski definition) is 1. The van der Waals surface area contributed by atoms with Crippen molar-refractivity contribution < 1.29 is 24.1 Å². The molecule has 0 aliphatic carbocycles. The molecule has 0 rings (SSSR count). The van der Waals surface area contributed by atoms with Crippen LogP contribution in [-0.2, 0) is 18.9 Å². The van der Waals surface area contributed by atoms with Gasteiger partial charge in [-0.25, -0.2) is 0 Å². The Bertz CT molecular complexity index is 186. The maximum Gasteiger partial charge on any atom is 0.112 e. The molecular formula is C12H23Br2O5. The van der Waals surface area contributed by atoms with Crippen LogP contribution < -0.4 is 0 Å². The summed E-state index contributed by atoms with van der Waals surface area (Å²) < 4.78 is 20.8. The van der Waals surface area contributed by atoms with Gasteiger partial charge in [0.25, 0.3) is 0 Å². The lowest BCUT2D eigenvalue weighted by atomic mass is 10.2. The Labute approximate surface area is 132 Å². The van der Waals surface area contributed by atoms with Gasteiger partial charge in [0, 0.05) is 11.9 Å². The van der Waals surface area contributed by atoms with Crippen LogP contribution in [0.5, 0.6) is 0 Å². The highest BCUT2D eigenvalue weighted by molar-refractivity contribution is 9.09. The number of aliphatic hydroxyl groups excluding tert-OH is 1. The van der Waals surface area contributed by atoms with Crippen LogP contribution in [0.4, 0.5) is 0 Å². The Morgan fingerprint density at radius 2 is 1.79 bits per heavy atom. The van der Waals surface area contributed by atoms with E-state index in [-0.39, 0.29) is 16.4 Å². The maximum atomic E-state index is 8.52. The second-order valence-electron chi connectivity index (χ2n) is 3.67. The molecule has 0 aliphatic heterocycles. The first-order valence-corrected chi connectivity index (χ1v) is 8.02. The first-order chi connectivity index (χ1) is 9.20. The van der Waals surface area contributed by atoms with Gasteiger partial charge < -0.3 is 24.1 Å². The summed E-state index contributed by atoms with van der Waals surface area (Å²) in [5.74, 6) is 0. The van der Waals surface area contributed by atoms with Crippen LogP contribution >= 0.6 is 31.9 Å². The minimum absolute atomic E-state index is 0.0377. The molecule has 0 amide bonds. The van der Waals surface area contributed by atoms with Crippen LogP contribution in [0.2, 0.25) is 0 Å². The third-order valence-corrected chi connectivity index (χ3v) is 3.32. The van der Waals surface area contributed by atoms with Crippen molar-refractivity contribution in [1.29, 1.82) is 0 Å². The molecule has 0 saturated heterocycles. The second-order valence-corrected chi connectivity index (χ2v) is 5.87. The van der Waals surface area contributed by atoms with E-state index >= 15 is 0 Å². The van der Waals surface area contributed by atoms with E-state index in [0.29, 0.717) is 39.6 Å². The lowest BCUT2D eigenvalue weighted by molar-refractivity contribution is 0.0261. The molecule has 0 saturated carbocycles. The summed E-state index contributed by atoms with van der Waals surface area (Å²) >= 11 is 6.94. The minimum atomic E-state index is -0.0377. The van der Waals surface area contributed by atoms with E-state index in [1.54, 1.807) is 7.11 Å². The quantitative estimate of drug-likeness (QED) is 0.352. The van der Waals surface area contributed by atoms with E-state index in [2.05, 4.69) is 38.3 Å². The average molecular weight is 407 g/mol. The van der Waals surface area contributed by atoms with Crippen LogP contribution in [0.1, 0.15) is 6.42 Å². The van der Waals surface area contributed by atoms with Crippen molar-refractivity contribution >= 4 is 31.9 Å². The number of methoxy groups -OCH3 is 1. The molecular weight excluding hydrogens is 384 g/mol. The molecule has 0 fully saturated rings. The van der Waals surface area contributed by atoms with Crippen LogP contribution in [0, 0.1) is 6.42 Å². The third-order valence-electron chi connectivity index (χ3n) is 2.05. The average Bonchev–Trinajstić information content (AvgIpc) is 2.41. The molecule has 0 aromatic rings. The van der Waals surface area contributed by atoms with E-state index in [1.807, 2.05) is 0 Å². The van der Waals surface area contributed by atoms with Gasteiger partial charge in [-0.3, -0.25) is 0 Å². The smallest absolute Gasteiger partial charge is 0.112 e. The van der Waals surface area contributed by atoms with Gasteiger partial charge in [0.05, 0.1) is 46.2 Å². The van der Waals surface area contributed by atoms with Gasteiger partial charge in [-0.1, -0.05) is 31.9 Å². The van der Waals surface area contributed by atoms with Crippen molar-refractivity contribution in [1.82, 2.24) is 0 Å². The molecule has 0 heterocycles. The highest BCUT2D eigenvalue weighted by Crippen LogP contribution is 2.15. The summed E-state index contributed by atoms with van der Waals surface area (Å²) in [6.45, 7) is 3.20. The van der Waals surface area contributed by atoms with Crippen LogP contribution in [0.25, 0.3) is 0 Å². The van der Waals surface area contributed by atoms with Crippen LogP contribution in [0.3, 0.4) is 0 Å². The summed E-state index contributed by atoms with van der Waals surface area (Å²) in [6.07, 6.45) is 2.85. The minimum Gasteiger partial charge on any atom is -0.394 e. The molecule has 0 bridgehead atoms. The monoisotopic (exact) mass is 405 g/mol. The van der Waals surface area contributed by atoms with Crippen molar-refractivity contribution in [3.63, 3.8) is 0 Å². The zero-order valence-electron chi connectivity index (χ0n) is 11.2. The van der Waals surface area contributed by atoms with Gasteiger partial charge in [0.15, 0.2) is 0 Å². The Balaban J connectivity index is 3.32. The first-order valence-electron chi connectivity index (χ1n) is 6.19. The largest absolute Gasteiger partial charge is 0.394 e. The van der Waals surface area contributed by atoms with E-state index in [1.165, 1.54) is 0 Å². The summed E-state index contributed by atoms with van der Waals surface area (Å²) in [7, 11) is 1.65. The third kappa shape index (κ3) is 15.0. The highest BCUT2D eigenvalue weighted by Gasteiger charge is 2.10. The van der Waals surface area contributed by atoms with E-state index < -0.39 is 0 Å². The normalized spacial score (nSPS) is 14.5. The molecule has 1 N–H and O–H groups in total. The molecule has 2 atom stereocenters. The number of hydrogen-bond acceptors (Lipinski definition) is 5. The van der Waals surface area contributed by atoms with Gasteiger partial charge in [-0.2, -0.15) is 0 Å². The van der Waals surface area contributed by atoms with Crippen molar-refractivity contribution in [3.05, 3.63) is 6.42 Å². The lowest BCUT2D eigenvalue weighted by Crippen LogP contribution is -2.16. The number of rotatable bonds is 14. The molecule has 2 unspecified atom stereocenters. The van der Waals surface area contributed by atoms with E-state index in [0.717, 1.165) is 6.42 Å². The van der Waals surface area contributed by atoms with Crippen molar-refractivity contribution in [2.24, 2.45) is 0 Å². The fourth-order valence-corrected chi connectivity index (χ4v) is 1.94. The van der Waals surface area contributed by atoms with Gasteiger partial charge in [0.1, 0.15) is 5.01 Å². The summed E-state index contributed by atoms with van der Waals surface area (Å²) in [5.41, 5.74) is 0. The van der Waals surface area contributed by atoms with Crippen LogP contribution in [0.15, 0.2) is 0 Å². The highest BCUT2D eigenvalue weighted by atomic mass is 79.9. The Morgan fingerprint density at radius 3 is 2.47 bits per heavy atom. The topological polar surface area (TPSA) is 57.2 Å². The predicted octanol–water partition coefficient (Wildman–Crippen LogP) is 1.75. The van der Waals surface area contributed by atoms with Crippen molar-refractivity contribution in [2.75, 3.05) is 53.4 Å². The number of halogens is 2. The Kier molecular flexibility index (Phi) is 15.8. The lowest BCUT2D eigenvalue weighted by Gasteiger charge is -2.14. The zero-order valence-corrected chi connectivity index (χ0v) is 14.4. The fourth-order valence-electron chi connectivity index (χ4n) is 1.13. The van der Waals surface area contributed by atoms with Crippen LogP contribution in [-0.4, -0.2) is 68.3 Å². The number of alkyl halides is 2. The van der Waals surface area contributed by atoms with Crippen molar-refractivity contribution in [2.45, 2.75) is 16.3 Å². The predicted molar refractivity (Wildman–Crippen MR) is 80.9 cm³/mol. The molecule has 0 spiro atoms. The SMILES string of the molecule is COCCOCC(Br)[CH]CC(Br)OCCOCCO. The van der Waals surface area contributed by atoms with Gasteiger partial charge in [-0.05, 0) is 12.8 Å². The molecule has 7 heteroatoms. The summed E-state index contributed by atoms with van der Waals surface area (Å²) in [4.78, 5) is 0.193. The molecule has 0 aromatic carbocycles. The molecule has 5 nitrogen and oxygen atoms in total. The van der Waals surface area contributed by atoms with E-state index in [4.69, 9.17) is 24.1 Å². The zero-order chi connectivity index (χ0) is 14.3. The molecule has 0 aliphatic rings. The maximum absolute atomic E-state index is 8.52. The fraction of sp³-hybridized carbons (Fsp3) is 0.917. The molecule has 1 radical (unpaired) electrons. The van der Waals surface area contributed by atoms with Crippen molar-refractivity contribution in [3.8, 4) is 0 Å². The standard InChI is InChI=1S/C12H23Br2O5/c1-16-6-7-18-10-11(13)2-3-12(14)19-9-8-17-5-4-15/h2,11-12,15H,3-10H2,1H3. The Hall–Kier alpha value is 0.760. The van der Waals surface area contributed by atoms with Gasteiger partial charge in [0.2, 0.25) is 0 Å². The van der Waals surface area contributed by atoms with Gasteiger partial charge in [-0.15, -0.1) is 0 Å².